The molecular weight excluding hydrogens is 192 g/mol. The summed E-state index contributed by atoms with van der Waals surface area (Å²) in [7, 11) is 0. The maximum absolute atomic E-state index is 11.1. The van der Waals surface area contributed by atoms with Crippen molar-refractivity contribution in [2.24, 2.45) is 5.73 Å². The molecule has 1 aliphatic heterocycles. The van der Waals surface area contributed by atoms with Crippen LogP contribution in [0.2, 0.25) is 0 Å². The molecule has 0 bridgehead atoms. The van der Waals surface area contributed by atoms with Crippen molar-refractivity contribution in [3.63, 3.8) is 0 Å². The van der Waals surface area contributed by atoms with E-state index in [2.05, 4.69) is 10.4 Å². The third kappa shape index (κ3) is 2.02. The second kappa shape index (κ2) is 4.02. The Labute approximate surface area is 88.6 Å². The van der Waals surface area contributed by atoms with Gasteiger partial charge in [0.15, 0.2) is 0 Å². The Hall–Kier alpha value is -1.36. The number of carbonyl (C=O) groups is 1. The standard InChI is InChI=1S/C10H16N4O/c1-7-9(10(11)15)6-14(13-7)8-2-4-12-5-3-8/h6,8,12H,2-5H2,1H3,(H2,11,15). The van der Waals surface area contributed by atoms with Crippen LogP contribution in [0.3, 0.4) is 0 Å². The molecule has 0 unspecified atom stereocenters. The van der Waals surface area contributed by atoms with Gasteiger partial charge in [-0.1, -0.05) is 0 Å². The summed E-state index contributed by atoms with van der Waals surface area (Å²) in [6.07, 6.45) is 3.88. The van der Waals surface area contributed by atoms with Crippen molar-refractivity contribution < 1.29 is 4.79 Å². The Morgan fingerprint density at radius 3 is 2.80 bits per heavy atom. The number of nitrogens with two attached hydrogens (primary N) is 1. The lowest BCUT2D eigenvalue weighted by Gasteiger charge is -2.22. The molecular formula is C10H16N4O. The van der Waals surface area contributed by atoms with Gasteiger partial charge in [-0.25, -0.2) is 0 Å². The van der Waals surface area contributed by atoms with Crippen molar-refractivity contribution in [3.05, 3.63) is 17.5 Å². The largest absolute Gasteiger partial charge is 0.365 e. The van der Waals surface area contributed by atoms with Gasteiger partial charge in [0.25, 0.3) is 5.91 Å². The molecule has 2 heterocycles. The van der Waals surface area contributed by atoms with Gasteiger partial charge >= 0.3 is 0 Å². The lowest BCUT2D eigenvalue weighted by molar-refractivity contribution is 0.0999. The van der Waals surface area contributed by atoms with Crippen LogP contribution in [-0.4, -0.2) is 28.8 Å². The molecule has 1 aromatic rings. The number of amides is 1. The molecule has 1 saturated heterocycles. The number of aryl methyl sites for hydroxylation is 1. The summed E-state index contributed by atoms with van der Waals surface area (Å²) in [5, 5.41) is 7.64. The topological polar surface area (TPSA) is 72.9 Å². The summed E-state index contributed by atoms with van der Waals surface area (Å²) in [5.74, 6) is -0.396. The summed E-state index contributed by atoms with van der Waals surface area (Å²) in [6.45, 7) is 3.84. The first-order chi connectivity index (χ1) is 7.18. The van der Waals surface area contributed by atoms with E-state index in [0.717, 1.165) is 31.6 Å². The second-order valence-corrected chi connectivity index (χ2v) is 3.95. The molecule has 5 nitrogen and oxygen atoms in total. The minimum Gasteiger partial charge on any atom is -0.365 e. The second-order valence-electron chi connectivity index (χ2n) is 3.95. The molecule has 1 aromatic heterocycles. The van der Waals surface area contributed by atoms with Crippen LogP contribution in [0.5, 0.6) is 0 Å². The molecule has 0 aliphatic carbocycles. The van der Waals surface area contributed by atoms with Crippen LogP contribution in [0.1, 0.15) is 34.9 Å². The Bertz CT molecular complexity index is 365. The van der Waals surface area contributed by atoms with Crippen LogP contribution < -0.4 is 11.1 Å². The van der Waals surface area contributed by atoms with Gasteiger partial charge in [-0.3, -0.25) is 9.48 Å². The van der Waals surface area contributed by atoms with E-state index in [1.807, 2.05) is 11.6 Å². The molecule has 3 N–H and O–H groups in total. The molecule has 2 rings (SSSR count). The summed E-state index contributed by atoms with van der Waals surface area (Å²) in [5.41, 5.74) is 6.51. The first-order valence-electron chi connectivity index (χ1n) is 5.25. The molecule has 1 fully saturated rings. The summed E-state index contributed by atoms with van der Waals surface area (Å²) in [4.78, 5) is 11.1. The van der Waals surface area contributed by atoms with Crippen LogP contribution in [0, 0.1) is 6.92 Å². The normalized spacial score (nSPS) is 17.9. The fourth-order valence-electron chi connectivity index (χ4n) is 1.98. The molecule has 0 radical (unpaired) electrons. The van der Waals surface area contributed by atoms with Gasteiger partial charge < -0.3 is 11.1 Å². The Morgan fingerprint density at radius 2 is 2.27 bits per heavy atom. The quantitative estimate of drug-likeness (QED) is 0.730. The molecule has 0 atom stereocenters. The average Bonchev–Trinajstić information content (AvgIpc) is 2.62. The van der Waals surface area contributed by atoms with Gasteiger partial charge in [-0.2, -0.15) is 5.10 Å². The number of hydrogen-bond donors (Lipinski definition) is 2. The highest BCUT2D eigenvalue weighted by atomic mass is 16.1. The van der Waals surface area contributed by atoms with Crippen molar-refractivity contribution in [1.82, 2.24) is 15.1 Å². The summed E-state index contributed by atoms with van der Waals surface area (Å²) < 4.78 is 1.89. The highest BCUT2D eigenvalue weighted by molar-refractivity contribution is 5.93. The zero-order valence-electron chi connectivity index (χ0n) is 8.86. The average molecular weight is 208 g/mol. The third-order valence-corrected chi connectivity index (χ3v) is 2.86. The van der Waals surface area contributed by atoms with Gasteiger partial charge in [-0.15, -0.1) is 0 Å². The van der Waals surface area contributed by atoms with Gasteiger partial charge in [0.2, 0.25) is 0 Å². The van der Waals surface area contributed by atoms with Crippen LogP contribution in [0.25, 0.3) is 0 Å². The Kier molecular flexibility index (Phi) is 2.73. The number of hydrogen-bond acceptors (Lipinski definition) is 3. The van der Waals surface area contributed by atoms with E-state index < -0.39 is 5.91 Å². The van der Waals surface area contributed by atoms with E-state index in [1.54, 1.807) is 6.20 Å². The van der Waals surface area contributed by atoms with Gasteiger partial charge in [-0.05, 0) is 32.9 Å². The fourth-order valence-corrected chi connectivity index (χ4v) is 1.98. The Morgan fingerprint density at radius 1 is 1.60 bits per heavy atom. The van der Waals surface area contributed by atoms with E-state index in [-0.39, 0.29) is 0 Å². The lowest BCUT2D eigenvalue weighted by Crippen LogP contribution is -2.29. The predicted octanol–water partition coefficient (Wildman–Crippen LogP) is 0.215. The van der Waals surface area contributed by atoms with Gasteiger partial charge in [0.1, 0.15) is 0 Å². The van der Waals surface area contributed by atoms with Gasteiger partial charge in [0.05, 0.1) is 17.3 Å². The summed E-state index contributed by atoms with van der Waals surface area (Å²) in [6, 6.07) is 0.401. The first kappa shape index (κ1) is 10.2. The first-order valence-corrected chi connectivity index (χ1v) is 5.25. The molecule has 1 amide bonds. The van der Waals surface area contributed by atoms with Crippen molar-refractivity contribution in [3.8, 4) is 0 Å². The van der Waals surface area contributed by atoms with E-state index >= 15 is 0 Å². The van der Waals surface area contributed by atoms with Crippen molar-refractivity contribution in [2.75, 3.05) is 13.1 Å². The predicted molar refractivity (Wildman–Crippen MR) is 56.6 cm³/mol. The van der Waals surface area contributed by atoms with Crippen molar-refractivity contribution >= 4 is 5.91 Å². The molecule has 0 saturated carbocycles. The van der Waals surface area contributed by atoms with E-state index in [0.29, 0.717) is 11.6 Å². The van der Waals surface area contributed by atoms with Crippen LogP contribution >= 0.6 is 0 Å². The lowest BCUT2D eigenvalue weighted by atomic mass is 10.1. The molecule has 0 spiro atoms. The SMILES string of the molecule is Cc1nn(C2CCNCC2)cc1C(N)=O. The maximum atomic E-state index is 11.1. The molecule has 0 aromatic carbocycles. The maximum Gasteiger partial charge on any atom is 0.252 e. The highest BCUT2D eigenvalue weighted by Gasteiger charge is 2.18. The minimum absolute atomic E-state index is 0.396. The number of piperidine rings is 1. The number of carbonyl (C=O) groups excluding carboxylic acids is 1. The zero-order valence-corrected chi connectivity index (χ0v) is 8.86. The van der Waals surface area contributed by atoms with Crippen molar-refractivity contribution in [2.45, 2.75) is 25.8 Å². The number of rotatable bonds is 2. The van der Waals surface area contributed by atoms with E-state index in [1.165, 1.54) is 0 Å². The number of primary amides is 1. The number of nitrogens with one attached hydrogen (secondary N) is 1. The van der Waals surface area contributed by atoms with Crippen LogP contribution in [0.15, 0.2) is 6.20 Å². The smallest absolute Gasteiger partial charge is 0.252 e. The van der Waals surface area contributed by atoms with Crippen LogP contribution in [0.4, 0.5) is 0 Å². The minimum atomic E-state index is -0.396. The Balaban J connectivity index is 2.21. The summed E-state index contributed by atoms with van der Waals surface area (Å²) >= 11 is 0. The highest BCUT2D eigenvalue weighted by Crippen LogP contribution is 2.19. The van der Waals surface area contributed by atoms with E-state index in [9.17, 15) is 4.79 Å². The molecule has 1 aliphatic rings. The molecule has 5 heteroatoms. The fraction of sp³-hybridized carbons (Fsp3) is 0.600. The molecule has 82 valence electrons. The van der Waals surface area contributed by atoms with Crippen LogP contribution in [-0.2, 0) is 0 Å². The zero-order chi connectivity index (χ0) is 10.8. The monoisotopic (exact) mass is 208 g/mol. The third-order valence-electron chi connectivity index (χ3n) is 2.86. The molecule has 15 heavy (non-hydrogen) atoms. The number of aromatic nitrogens is 2. The number of nitrogens with zero attached hydrogens (tertiary/aromatic N) is 2. The van der Waals surface area contributed by atoms with Gasteiger partial charge in [0, 0.05) is 6.20 Å². The van der Waals surface area contributed by atoms with Crippen molar-refractivity contribution in [1.29, 1.82) is 0 Å². The van der Waals surface area contributed by atoms with E-state index in [4.69, 9.17) is 5.73 Å².